The summed E-state index contributed by atoms with van der Waals surface area (Å²) in [5.74, 6) is -4.39. The van der Waals surface area contributed by atoms with Gasteiger partial charge < -0.3 is 30.4 Å². The number of aromatic nitrogens is 4. The van der Waals surface area contributed by atoms with Crippen LogP contribution in [-0.4, -0.2) is 64.2 Å². The van der Waals surface area contributed by atoms with Gasteiger partial charge in [-0.25, -0.2) is 29.1 Å². The molecule has 7 aromatic rings. The van der Waals surface area contributed by atoms with Gasteiger partial charge in [-0.15, -0.1) is 0 Å². The molecule has 3 aromatic heterocycles. The second kappa shape index (κ2) is 16.0. The maximum atomic E-state index is 12.1. The van der Waals surface area contributed by atoms with Crippen molar-refractivity contribution in [1.29, 1.82) is 0 Å². The van der Waals surface area contributed by atoms with E-state index in [1.807, 2.05) is 48.6 Å². The summed E-state index contributed by atoms with van der Waals surface area (Å²) in [6, 6.07) is 35.1. The number of aromatic amines is 2. The average molecular weight is 856 g/mol. The number of fused-ring (bicyclic) bond motifs is 8. The predicted molar refractivity (Wildman–Crippen MR) is 227 cm³/mol. The van der Waals surface area contributed by atoms with E-state index in [4.69, 9.17) is 9.97 Å². The minimum absolute atomic E-state index is 0. The van der Waals surface area contributed by atoms with Crippen LogP contribution in [0.25, 0.3) is 79.2 Å². The van der Waals surface area contributed by atoms with Crippen LogP contribution in [0, 0.1) is 0 Å². The molecule has 2 aliphatic heterocycles. The Kier molecular flexibility index (Phi) is 10.4. The number of H-pyrrole nitrogens is 2. The average Bonchev–Trinajstić information content (AvgIpc) is 4.06. The first kappa shape index (κ1) is 39.8. The van der Waals surface area contributed by atoms with E-state index in [9.17, 15) is 39.6 Å². The molecular weight excluding hydrogens is 826 g/mol. The summed E-state index contributed by atoms with van der Waals surface area (Å²) < 4.78 is 0. The Balaban J connectivity index is 0.00000514. The Morgan fingerprint density at radius 3 is 1.31 bits per heavy atom. The zero-order valence-electron chi connectivity index (χ0n) is 31.9. The zero-order chi connectivity index (χ0) is 41.7. The van der Waals surface area contributed by atoms with Gasteiger partial charge in [-0.3, -0.25) is 0 Å². The van der Waals surface area contributed by atoms with Gasteiger partial charge in [-0.2, -0.15) is 0 Å². The summed E-state index contributed by atoms with van der Waals surface area (Å²) in [4.78, 5) is 65.2. The van der Waals surface area contributed by atoms with Crippen LogP contribution in [0.15, 0.2) is 127 Å². The molecule has 0 radical (unpaired) electrons. The van der Waals surface area contributed by atoms with E-state index in [1.54, 1.807) is 48.5 Å². The van der Waals surface area contributed by atoms with Crippen molar-refractivity contribution in [3.05, 3.63) is 178 Å². The third kappa shape index (κ3) is 7.69. The van der Waals surface area contributed by atoms with Gasteiger partial charge in [0.1, 0.15) is 0 Å². The SMILES string of the molecule is O=C(O)c1ccc(C2=Cc3cc4ccc(cc5nc(cc6[nH]c(c(-c7ccc(C(=O)O)cc7)c2n3)c(-c2ccc(C(=O)O)cc2)c6-c2ccc(C(=O)O)cc2)C=C5)[nH]4)cc1.[Zn]. The van der Waals surface area contributed by atoms with Crippen molar-refractivity contribution >= 4 is 69.7 Å². The van der Waals surface area contributed by atoms with Gasteiger partial charge >= 0.3 is 23.9 Å². The molecule has 0 aliphatic carbocycles. The standard InChI is InChI=1S/C48H30N4O8.Zn/c53-45(54)29-9-1-25(2-10-29)38-23-37-22-35-18-17-33(49-35)21-34-19-20-36(50-34)24-39-40(26-3-11-30(12-4-26)46(55)56)41(27-5-13-31(14-6-27)47(57)58)44(52-39)42(43(38)51-37)28-7-15-32(16-8-28)48(59)60;/h1-24,49,52H,(H,53,54)(H,55,56)(H,57,58)(H,59,60);. The Morgan fingerprint density at radius 2 is 0.836 bits per heavy atom. The van der Waals surface area contributed by atoms with E-state index >= 15 is 0 Å². The van der Waals surface area contributed by atoms with E-state index in [0.29, 0.717) is 78.3 Å². The summed E-state index contributed by atoms with van der Waals surface area (Å²) in [5, 5.41) is 39.2. The number of hydrogen-bond donors (Lipinski definition) is 6. The monoisotopic (exact) mass is 854 g/mol. The van der Waals surface area contributed by atoms with Crippen LogP contribution < -0.4 is 0 Å². The number of carboxylic acids is 4. The minimum Gasteiger partial charge on any atom is -0.478 e. The van der Waals surface area contributed by atoms with Crippen molar-refractivity contribution in [2.45, 2.75) is 0 Å². The van der Waals surface area contributed by atoms with E-state index in [1.165, 1.54) is 48.5 Å². The molecule has 0 atom stereocenters. The molecule has 5 heterocycles. The zero-order valence-corrected chi connectivity index (χ0v) is 34.8. The third-order valence-electron chi connectivity index (χ3n) is 10.3. The third-order valence-corrected chi connectivity index (χ3v) is 10.3. The molecule has 13 heteroatoms. The molecular formula is C48H30N4O8Zn. The normalized spacial score (nSPS) is 11.7. The number of aromatic carboxylic acids is 4. The molecule has 6 N–H and O–H groups in total. The smallest absolute Gasteiger partial charge is 0.335 e. The number of nitrogens with zero attached hydrogens (tertiary/aromatic N) is 2. The van der Waals surface area contributed by atoms with Crippen LogP contribution in [0.5, 0.6) is 0 Å². The quantitative estimate of drug-likeness (QED) is 0.0798. The second-order valence-electron chi connectivity index (χ2n) is 14.1. The van der Waals surface area contributed by atoms with Gasteiger partial charge in [0.25, 0.3) is 0 Å². The fourth-order valence-electron chi connectivity index (χ4n) is 7.48. The predicted octanol–water partition coefficient (Wildman–Crippen LogP) is 9.87. The van der Waals surface area contributed by atoms with Gasteiger partial charge in [0, 0.05) is 58.3 Å². The van der Waals surface area contributed by atoms with Gasteiger partial charge in [-0.1, -0.05) is 48.5 Å². The second-order valence-corrected chi connectivity index (χ2v) is 14.1. The van der Waals surface area contributed by atoms with Crippen molar-refractivity contribution < 1.29 is 59.1 Å². The first-order valence-corrected chi connectivity index (χ1v) is 18.5. The van der Waals surface area contributed by atoms with Crippen LogP contribution in [0.2, 0.25) is 0 Å². The number of carbonyl (C=O) groups is 4. The molecule has 2 aliphatic rings. The molecule has 61 heavy (non-hydrogen) atoms. The largest absolute Gasteiger partial charge is 0.478 e. The Morgan fingerprint density at radius 1 is 0.426 bits per heavy atom. The van der Waals surface area contributed by atoms with Crippen LogP contribution in [0.1, 0.15) is 69.8 Å². The van der Waals surface area contributed by atoms with E-state index in [0.717, 1.165) is 11.0 Å². The number of nitrogens with one attached hydrogen (secondary N) is 2. The maximum Gasteiger partial charge on any atom is 0.335 e. The number of hydrogen-bond acceptors (Lipinski definition) is 6. The van der Waals surface area contributed by atoms with Crippen LogP contribution >= 0.6 is 0 Å². The maximum absolute atomic E-state index is 12.1. The van der Waals surface area contributed by atoms with Crippen LogP contribution in [-0.2, 0) is 19.5 Å². The van der Waals surface area contributed by atoms with Gasteiger partial charge in [0.15, 0.2) is 0 Å². The summed E-state index contributed by atoms with van der Waals surface area (Å²) in [7, 11) is 0. The molecule has 0 saturated carbocycles. The van der Waals surface area contributed by atoms with Crippen LogP contribution in [0.4, 0.5) is 0 Å². The molecule has 4 aromatic carbocycles. The minimum atomic E-state index is -1.11. The first-order valence-electron chi connectivity index (χ1n) is 18.5. The molecule has 292 valence electrons. The summed E-state index contributed by atoms with van der Waals surface area (Å²) in [6.45, 7) is 0. The molecule has 0 unspecified atom stereocenters. The molecule has 0 spiro atoms. The van der Waals surface area contributed by atoms with E-state index in [2.05, 4.69) is 9.97 Å². The van der Waals surface area contributed by atoms with E-state index < -0.39 is 23.9 Å². The topological polar surface area (TPSA) is 207 Å². The van der Waals surface area contributed by atoms with Crippen molar-refractivity contribution in [3.8, 4) is 33.4 Å². The summed E-state index contributed by atoms with van der Waals surface area (Å²) in [6.07, 6.45) is 5.66. The molecule has 0 saturated heterocycles. The van der Waals surface area contributed by atoms with Crippen molar-refractivity contribution in [2.24, 2.45) is 0 Å². The molecule has 0 fully saturated rings. The number of carboxylic acid groups (broad SMARTS) is 4. The molecule has 12 nitrogen and oxygen atoms in total. The Bertz CT molecular complexity index is 3180. The number of benzene rings is 4. The van der Waals surface area contributed by atoms with Crippen molar-refractivity contribution in [1.82, 2.24) is 19.9 Å². The molecule has 0 amide bonds. The summed E-state index contributed by atoms with van der Waals surface area (Å²) >= 11 is 0. The Hall–Kier alpha value is -8.02. The molecule has 8 bridgehead atoms. The van der Waals surface area contributed by atoms with Gasteiger partial charge in [0.05, 0.1) is 50.5 Å². The van der Waals surface area contributed by atoms with Crippen molar-refractivity contribution in [3.63, 3.8) is 0 Å². The molecule has 9 rings (SSSR count). The summed E-state index contributed by atoms with van der Waals surface area (Å²) in [5.41, 5.74) is 10.2. The number of rotatable bonds is 8. The fourth-order valence-corrected chi connectivity index (χ4v) is 7.48. The first-order chi connectivity index (χ1) is 29.0. The van der Waals surface area contributed by atoms with Crippen LogP contribution in [0.3, 0.4) is 0 Å². The fraction of sp³-hybridized carbons (Fsp3) is 0. The Labute approximate surface area is 358 Å². The van der Waals surface area contributed by atoms with Gasteiger partial charge in [-0.05, 0) is 119 Å². The van der Waals surface area contributed by atoms with Gasteiger partial charge in [0.2, 0.25) is 0 Å². The van der Waals surface area contributed by atoms with Crippen molar-refractivity contribution in [2.75, 3.05) is 0 Å². The van der Waals surface area contributed by atoms with E-state index in [-0.39, 0.29) is 41.7 Å².